The molecule has 0 fully saturated rings. The lowest BCUT2D eigenvalue weighted by atomic mass is 9.81. The first-order valence-electron chi connectivity index (χ1n) is 5.33. The molecule has 0 aliphatic heterocycles. The van der Waals surface area contributed by atoms with Crippen LogP contribution in [0.1, 0.15) is 46.0 Å². The summed E-state index contributed by atoms with van der Waals surface area (Å²) in [5.41, 5.74) is 2.23. The molecular weight excluding hydrogens is 176 g/mol. The fourth-order valence-electron chi connectivity index (χ4n) is 2.07. The monoisotopic (exact) mass is 194 g/mol. The summed E-state index contributed by atoms with van der Waals surface area (Å²) >= 11 is 0. The van der Waals surface area contributed by atoms with E-state index in [0.29, 0.717) is 24.5 Å². The van der Waals surface area contributed by atoms with E-state index in [4.69, 9.17) is 0 Å². The first-order valence-corrected chi connectivity index (χ1v) is 5.33. The molecule has 2 nitrogen and oxygen atoms in total. The first-order chi connectivity index (χ1) is 6.66. The largest absolute Gasteiger partial charge is 0.303 e. The Kier molecular flexibility index (Phi) is 4.05. The number of unbranched alkanes of at least 4 members (excludes halogenated alkanes) is 1. The van der Waals surface area contributed by atoms with E-state index in [-0.39, 0.29) is 0 Å². The molecule has 0 radical (unpaired) electrons. The molecule has 1 aliphatic carbocycles. The second kappa shape index (κ2) is 5.08. The standard InChI is InChI=1S/C12H18O2/c1-9-6-7-12(14)10(2)11(9)5-3-4-8-13/h8-9H,3-7H2,1-2H3. The van der Waals surface area contributed by atoms with Gasteiger partial charge < -0.3 is 4.79 Å². The van der Waals surface area contributed by atoms with Crippen molar-refractivity contribution in [1.29, 1.82) is 0 Å². The first kappa shape index (κ1) is 11.2. The molecule has 0 spiro atoms. The number of ketones is 1. The molecule has 1 atom stereocenters. The molecule has 0 saturated heterocycles. The molecule has 0 bridgehead atoms. The van der Waals surface area contributed by atoms with Crippen LogP contribution in [0.15, 0.2) is 11.1 Å². The van der Waals surface area contributed by atoms with E-state index in [9.17, 15) is 9.59 Å². The van der Waals surface area contributed by atoms with E-state index in [1.807, 2.05) is 6.92 Å². The molecule has 1 rings (SSSR count). The average Bonchev–Trinajstić information content (AvgIpc) is 2.18. The minimum Gasteiger partial charge on any atom is -0.303 e. The van der Waals surface area contributed by atoms with Crippen molar-refractivity contribution in [3.63, 3.8) is 0 Å². The van der Waals surface area contributed by atoms with Gasteiger partial charge in [-0.25, -0.2) is 0 Å². The fourth-order valence-corrected chi connectivity index (χ4v) is 2.07. The van der Waals surface area contributed by atoms with E-state index in [1.54, 1.807) is 0 Å². The van der Waals surface area contributed by atoms with Crippen LogP contribution in [0.5, 0.6) is 0 Å². The van der Waals surface area contributed by atoms with Crippen LogP contribution in [-0.4, -0.2) is 12.1 Å². The second-order valence-corrected chi connectivity index (χ2v) is 4.07. The third-order valence-electron chi connectivity index (χ3n) is 3.07. The summed E-state index contributed by atoms with van der Waals surface area (Å²) in [6.45, 7) is 4.10. The van der Waals surface area contributed by atoms with Crippen LogP contribution < -0.4 is 0 Å². The smallest absolute Gasteiger partial charge is 0.158 e. The van der Waals surface area contributed by atoms with Crippen molar-refractivity contribution in [3.05, 3.63) is 11.1 Å². The lowest BCUT2D eigenvalue weighted by Gasteiger charge is -2.23. The highest BCUT2D eigenvalue weighted by Gasteiger charge is 2.21. The van der Waals surface area contributed by atoms with Gasteiger partial charge >= 0.3 is 0 Å². The molecule has 0 aromatic heterocycles. The fraction of sp³-hybridized carbons (Fsp3) is 0.667. The predicted molar refractivity (Wildman–Crippen MR) is 56.0 cm³/mol. The van der Waals surface area contributed by atoms with Crippen molar-refractivity contribution < 1.29 is 9.59 Å². The molecule has 0 aromatic rings. The Bertz CT molecular complexity index is 263. The van der Waals surface area contributed by atoms with Gasteiger partial charge in [0.1, 0.15) is 6.29 Å². The van der Waals surface area contributed by atoms with E-state index in [0.717, 1.165) is 31.1 Å². The van der Waals surface area contributed by atoms with Gasteiger partial charge in [-0.3, -0.25) is 4.79 Å². The lowest BCUT2D eigenvalue weighted by Crippen LogP contribution is -2.16. The van der Waals surface area contributed by atoms with Gasteiger partial charge in [0.05, 0.1) is 0 Å². The van der Waals surface area contributed by atoms with Crippen LogP contribution in [0.2, 0.25) is 0 Å². The molecule has 1 aliphatic rings. The number of aldehydes is 1. The SMILES string of the molecule is CC1=C(CCCC=O)C(C)CCC1=O. The van der Waals surface area contributed by atoms with Gasteiger partial charge in [-0.05, 0) is 37.7 Å². The highest BCUT2D eigenvalue weighted by molar-refractivity contribution is 5.96. The third kappa shape index (κ3) is 2.53. The van der Waals surface area contributed by atoms with Gasteiger partial charge in [0, 0.05) is 12.8 Å². The molecule has 0 saturated carbocycles. The normalized spacial score (nSPS) is 22.7. The summed E-state index contributed by atoms with van der Waals surface area (Å²) in [7, 11) is 0. The number of hydrogen-bond acceptors (Lipinski definition) is 2. The summed E-state index contributed by atoms with van der Waals surface area (Å²) in [4.78, 5) is 21.6. The number of carbonyl (C=O) groups is 2. The Balaban J connectivity index is 2.65. The molecule has 0 N–H and O–H groups in total. The van der Waals surface area contributed by atoms with Gasteiger partial charge in [-0.2, -0.15) is 0 Å². The second-order valence-electron chi connectivity index (χ2n) is 4.07. The molecule has 0 amide bonds. The van der Waals surface area contributed by atoms with Crippen molar-refractivity contribution in [2.24, 2.45) is 5.92 Å². The third-order valence-corrected chi connectivity index (χ3v) is 3.07. The Labute approximate surface area is 85.4 Å². The number of rotatable bonds is 4. The molecule has 0 aromatic carbocycles. The van der Waals surface area contributed by atoms with Gasteiger partial charge in [0.15, 0.2) is 5.78 Å². The van der Waals surface area contributed by atoms with Crippen molar-refractivity contribution in [1.82, 2.24) is 0 Å². The van der Waals surface area contributed by atoms with E-state index < -0.39 is 0 Å². The number of Topliss-reactive ketones (excluding diaryl/α,β-unsaturated/α-hetero) is 1. The van der Waals surface area contributed by atoms with Crippen LogP contribution in [0.25, 0.3) is 0 Å². The highest BCUT2D eigenvalue weighted by Crippen LogP contribution is 2.30. The molecular formula is C12H18O2. The number of hydrogen-bond donors (Lipinski definition) is 0. The highest BCUT2D eigenvalue weighted by atomic mass is 16.1. The summed E-state index contributed by atoms with van der Waals surface area (Å²) in [6.07, 6.45) is 5.03. The minimum absolute atomic E-state index is 0.296. The van der Waals surface area contributed by atoms with Crippen molar-refractivity contribution in [3.8, 4) is 0 Å². The van der Waals surface area contributed by atoms with Crippen LogP contribution in [0.3, 0.4) is 0 Å². The minimum atomic E-state index is 0.296. The van der Waals surface area contributed by atoms with Gasteiger partial charge in [0.25, 0.3) is 0 Å². The quantitative estimate of drug-likeness (QED) is 0.509. The molecule has 2 heteroatoms. The topological polar surface area (TPSA) is 34.1 Å². The van der Waals surface area contributed by atoms with Crippen molar-refractivity contribution in [2.45, 2.75) is 46.0 Å². The summed E-state index contributed by atoms with van der Waals surface area (Å²) in [5.74, 6) is 0.823. The Hall–Kier alpha value is -0.920. The maximum Gasteiger partial charge on any atom is 0.158 e. The van der Waals surface area contributed by atoms with Crippen molar-refractivity contribution >= 4 is 12.1 Å². The summed E-state index contributed by atoms with van der Waals surface area (Å²) < 4.78 is 0. The Morgan fingerprint density at radius 2 is 2.21 bits per heavy atom. The Morgan fingerprint density at radius 3 is 2.86 bits per heavy atom. The van der Waals surface area contributed by atoms with Crippen LogP contribution in [0.4, 0.5) is 0 Å². The van der Waals surface area contributed by atoms with Gasteiger partial charge in [0.2, 0.25) is 0 Å². The van der Waals surface area contributed by atoms with Crippen LogP contribution in [-0.2, 0) is 9.59 Å². The average molecular weight is 194 g/mol. The lowest BCUT2D eigenvalue weighted by molar-refractivity contribution is -0.116. The van der Waals surface area contributed by atoms with E-state index >= 15 is 0 Å². The molecule has 14 heavy (non-hydrogen) atoms. The molecule has 1 unspecified atom stereocenters. The maximum absolute atomic E-state index is 11.5. The van der Waals surface area contributed by atoms with Gasteiger partial charge in [-0.1, -0.05) is 12.5 Å². The zero-order chi connectivity index (χ0) is 10.6. The van der Waals surface area contributed by atoms with E-state index in [2.05, 4.69) is 6.92 Å². The zero-order valence-electron chi connectivity index (χ0n) is 9.01. The molecule has 78 valence electrons. The summed E-state index contributed by atoms with van der Waals surface area (Å²) in [5, 5.41) is 0. The van der Waals surface area contributed by atoms with Crippen LogP contribution >= 0.6 is 0 Å². The van der Waals surface area contributed by atoms with Crippen molar-refractivity contribution in [2.75, 3.05) is 0 Å². The summed E-state index contributed by atoms with van der Waals surface area (Å²) in [6, 6.07) is 0. The number of carbonyl (C=O) groups excluding carboxylic acids is 2. The zero-order valence-corrected chi connectivity index (χ0v) is 9.01. The van der Waals surface area contributed by atoms with Gasteiger partial charge in [-0.15, -0.1) is 0 Å². The van der Waals surface area contributed by atoms with Crippen LogP contribution in [0, 0.1) is 5.92 Å². The van der Waals surface area contributed by atoms with E-state index in [1.165, 1.54) is 5.57 Å². The number of allylic oxidation sites excluding steroid dienone is 2. The molecule has 0 heterocycles. The maximum atomic E-state index is 11.5. The predicted octanol–water partition coefficient (Wildman–Crippen LogP) is 2.67. The Morgan fingerprint density at radius 1 is 1.50 bits per heavy atom.